The van der Waals surface area contributed by atoms with E-state index in [1.54, 1.807) is 5.56 Å². The van der Waals surface area contributed by atoms with Crippen LogP contribution in [0, 0.1) is 11.3 Å². The molecular formula is C15H22. The predicted molar refractivity (Wildman–Crippen MR) is 66.0 cm³/mol. The lowest BCUT2D eigenvalue weighted by Crippen LogP contribution is -2.22. The Hall–Kier alpha value is -0.780. The van der Waals surface area contributed by atoms with E-state index in [9.17, 15) is 0 Å². The molecule has 1 saturated carbocycles. The third kappa shape index (κ3) is 2.25. The molecule has 0 saturated heterocycles. The molecule has 82 valence electrons. The molecular weight excluding hydrogens is 180 g/mol. The summed E-state index contributed by atoms with van der Waals surface area (Å²) in [5.74, 6) is 1.66. The molecule has 0 aromatic heterocycles. The third-order valence-corrected chi connectivity index (χ3v) is 3.86. The summed E-state index contributed by atoms with van der Waals surface area (Å²) in [6.07, 6.45) is 4.19. The molecule has 1 aliphatic rings. The summed E-state index contributed by atoms with van der Waals surface area (Å²) in [4.78, 5) is 0. The zero-order valence-electron chi connectivity index (χ0n) is 10.2. The number of hydrogen-bond acceptors (Lipinski definition) is 0. The first kappa shape index (κ1) is 10.7. The van der Waals surface area contributed by atoms with Crippen LogP contribution in [0.4, 0.5) is 0 Å². The van der Waals surface area contributed by atoms with E-state index in [4.69, 9.17) is 0 Å². The van der Waals surface area contributed by atoms with E-state index in [0.29, 0.717) is 5.41 Å². The van der Waals surface area contributed by atoms with Gasteiger partial charge in [-0.25, -0.2) is 0 Å². The molecule has 1 aromatic rings. The number of benzene rings is 1. The van der Waals surface area contributed by atoms with E-state index in [1.807, 2.05) is 0 Å². The summed E-state index contributed by atoms with van der Waals surface area (Å²) in [7, 11) is 0. The summed E-state index contributed by atoms with van der Waals surface area (Å²) in [6, 6.07) is 11.1. The van der Waals surface area contributed by atoms with Crippen LogP contribution in [0.2, 0.25) is 0 Å². The van der Waals surface area contributed by atoms with Crippen LogP contribution in [0.5, 0.6) is 0 Å². The Morgan fingerprint density at radius 2 is 1.67 bits per heavy atom. The number of rotatable bonds is 1. The van der Waals surface area contributed by atoms with Crippen molar-refractivity contribution in [1.82, 2.24) is 0 Å². The van der Waals surface area contributed by atoms with Crippen LogP contribution in [0.1, 0.15) is 51.5 Å². The maximum absolute atomic E-state index is 2.39. The zero-order valence-corrected chi connectivity index (χ0v) is 10.2. The Morgan fingerprint density at radius 1 is 1.00 bits per heavy atom. The fraction of sp³-hybridized carbons (Fsp3) is 0.600. The van der Waals surface area contributed by atoms with E-state index in [1.165, 1.54) is 19.3 Å². The van der Waals surface area contributed by atoms with E-state index in [2.05, 4.69) is 51.1 Å². The molecule has 0 N–H and O–H groups in total. The Labute approximate surface area is 93.7 Å². The molecule has 0 heteroatoms. The minimum Gasteiger partial charge on any atom is -0.0622 e. The van der Waals surface area contributed by atoms with Crippen molar-refractivity contribution in [1.29, 1.82) is 0 Å². The van der Waals surface area contributed by atoms with Crippen molar-refractivity contribution >= 4 is 0 Å². The lowest BCUT2D eigenvalue weighted by molar-refractivity contribution is 0.223. The summed E-state index contributed by atoms with van der Waals surface area (Å²) in [5, 5.41) is 0. The van der Waals surface area contributed by atoms with Crippen molar-refractivity contribution in [3.63, 3.8) is 0 Å². The van der Waals surface area contributed by atoms with Crippen LogP contribution in [0.3, 0.4) is 0 Å². The minimum absolute atomic E-state index is 0.455. The fourth-order valence-corrected chi connectivity index (χ4v) is 3.10. The molecule has 2 unspecified atom stereocenters. The van der Waals surface area contributed by atoms with Gasteiger partial charge in [0, 0.05) is 0 Å². The summed E-state index contributed by atoms with van der Waals surface area (Å²) in [5.41, 5.74) is 2.01. The molecule has 1 fully saturated rings. The second-order valence-electron chi connectivity index (χ2n) is 5.92. The Morgan fingerprint density at radius 3 is 2.27 bits per heavy atom. The lowest BCUT2D eigenvalue weighted by atomic mass is 9.73. The zero-order chi connectivity index (χ0) is 10.9. The highest BCUT2D eigenvalue weighted by Gasteiger charge is 2.36. The van der Waals surface area contributed by atoms with Crippen molar-refractivity contribution in [3.05, 3.63) is 35.9 Å². The van der Waals surface area contributed by atoms with Gasteiger partial charge in [0.15, 0.2) is 0 Å². The highest BCUT2D eigenvalue weighted by atomic mass is 14.4. The van der Waals surface area contributed by atoms with Gasteiger partial charge >= 0.3 is 0 Å². The van der Waals surface area contributed by atoms with Gasteiger partial charge in [0.1, 0.15) is 0 Å². The monoisotopic (exact) mass is 202 g/mol. The molecule has 15 heavy (non-hydrogen) atoms. The van der Waals surface area contributed by atoms with Crippen molar-refractivity contribution < 1.29 is 0 Å². The van der Waals surface area contributed by atoms with Crippen LogP contribution >= 0.6 is 0 Å². The van der Waals surface area contributed by atoms with Crippen LogP contribution in [0.25, 0.3) is 0 Å². The molecule has 0 heterocycles. The summed E-state index contributed by atoms with van der Waals surface area (Å²) < 4.78 is 0. The predicted octanol–water partition coefficient (Wildman–Crippen LogP) is 4.62. The average Bonchev–Trinajstić information content (AvgIpc) is 2.67. The van der Waals surface area contributed by atoms with Gasteiger partial charge in [-0.15, -0.1) is 0 Å². The quantitative estimate of drug-likeness (QED) is 0.623. The largest absolute Gasteiger partial charge is 0.0622 e. The molecule has 0 aliphatic heterocycles. The average molecular weight is 202 g/mol. The molecule has 0 radical (unpaired) electrons. The second-order valence-corrected chi connectivity index (χ2v) is 5.92. The number of hydrogen-bond donors (Lipinski definition) is 0. The van der Waals surface area contributed by atoms with E-state index >= 15 is 0 Å². The first-order valence-electron chi connectivity index (χ1n) is 6.14. The molecule has 2 rings (SSSR count). The van der Waals surface area contributed by atoms with Gasteiger partial charge < -0.3 is 0 Å². The molecule has 0 spiro atoms. The van der Waals surface area contributed by atoms with E-state index in [-0.39, 0.29) is 0 Å². The highest BCUT2D eigenvalue weighted by molar-refractivity contribution is 5.22. The molecule has 1 aromatic carbocycles. The molecule has 0 nitrogen and oxygen atoms in total. The van der Waals surface area contributed by atoms with Gasteiger partial charge in [-0.05, 0) is 35.7 Å². The van der Waals surface area contributed by atoms with Crippen LogP contribution in [0.15, 0.2) is 30.3 Å². The third-order valence-electron chi connectivity index (χ3n) is 3.86. The highest BCUT2D eigenvalue weighted by Crippen LogP contribution is 2.48. The SMILES string of the molecule is CC(C)(C)C1CCCC1c1ccccc1. The lowest BCUT2D eigenvalue weighted by Gasteiger charge is -2.32. The molecule has 0 amide bonds. The van der Waals surface area contributed by atoms with Gasteiger partial charge in [0.25, 0.3) is 0 Å². The second kappa shape index (κ2) is 4.00. The Bertz CT molecular complexity index is 305. The smallest absolute Gasteiger partial charge is 0.0129 e. The topological polar surface area (TPSA) is 0 Å². The fourth-order valence-electron chi connectivity index (χ4n) is 3.10. The maximum Gasteiger partial charge on any atom is -0.0129 e. The van der Waals surface area contributed by atoms with Crippen molar-refractivity contribution in [2.24, 2.45) is 11.3 Å². The standard InChI is InChI=1S/C15H22/c1-15(2,3)14-11-7-10-13(14)12-8-5-4-6-9-12/h4-6,8-9,13-14H,7,10-11H2,1-3H3. The molecule has 2 atom stereocenters. The van der Waals surface area contributed by atoms with Crippen LogP contribution in [-0.2, 0) is 0 Å². The molecule has 0 bridgehead atoms. The Balaban J connectivity index is 2.23. The first-order chi connectivity index (χ1) is 7.09. The van der Waals surface area contributed by atoms with Crippen LogP contribution in [-0.4, -0.2) is 0 Å². The molecule has 1 aliphatic carbocycles. The normalized spacial score (nSPS) is 26.9. The van der Waals surface area contributed by atoms with Gasteiger partial charge in [0.05, 0.1) is 0 Å². The Kier molecular flexibility index (Phi) is 2.86. The van der Waals surface area contributed by atoms with E-state index < -0.39 is 0 Å². The van der Waals surface area contributed by atoms with Gasteiger partial charge in [-0.1, -0.05) is 57.5 Å². The van der Waals surface area contributed by atoms with Gasteiger partial charge in [-0.3, -0.25) is 0 Å². The van der Waals surface area contributed by atoms with Gasteiger partial charge in [-0.2, -0.15) is 0 Å². The van der Waals surface area contributed by atoms with Crippen molar-refractivity contribution in [3.8, 4) is 0 Å². The van der Waals surface area contributed by atoms with E-state index in [0.717, 1.165) is 11.8 Å². The van der Waals surface area contributed by atoms with Gasteiger partial charge in [0.2, 0.25) is 0 Å². The van der Waals surface area contributed by atoms with Crippen LogP contribution < -0.4 is 0 Å². The maximum atomic E-state index is 2.39. The summed E-state index contributed by atoms with van der Waals surface area (Å²) in [6.45, 7) is 7.16. The van der Waals surface area contributed by atoms with Crippen molar-refractivity contribution in [2.75, 3.05) is 0 Å². The van der Waals surface area contributed by atoms with Crippen molar-refractivity contribution in [2.45, 2.75) is 46.0 Å². The summed E-state index contributed by atoms with van der Waals surface area (Å²) >= 11 is 0. The first-order valence-corrected chi connectivity index (χ1v) is 6.14. The minimum atomic E-state index is 0.455.